The number of carboxylic acids is 1. The molecule has 0 unspecified atom stereocenters. The van der Waals surface area contributed by atoms with Gasteiger partial charge in [0.25, 0.3) is 0 Å². The minimum absolute atomic E-state index is 0.0283. The highest BCUT2D eigenvalue weighted by Gasteiger charge is 2.50. The van der Waals surface area contributed by atoms with E-state index in [0.717, 1.165) is 5.56 Å². The molecule has 0 saturated carbocycles. The molecule has 2 saturated heterocycles. The molecule has 4 amide bonds. The van der Waals surface area contributed by atoms with Crippen LogP contribution in [0.4, 0.5) is 9.18 Å². The number of aliphatic carboxylic acids is 1. The quantitative estimate of drug-likeness (QED) is 0.439. The molecule has 2 aliphatic rings. The van der Waals surface area contributed by atoms with Crippen molar-refractivity contribution in [3.05, 3.63) is 71.5 Å². The smallest absolute Gasteiger partial charge is 0.334 e. The lowest BCUT2D eigenvalue weighted by Crippen LogP contribution is -2.76. The molecule has 2 atom stereocenters. The maximum atomic E-state index is 13.4. The summed E-state index contributed by atoms with van der Waals surface area (Å²) in [5.74, 6) is -2.22. The second kappa shape index (κ2) is 12.7. The number of rotatable bonds is 10. The predicted molar refractivity (Wildman–Crippen MR) is 137 cm³/mol. The van der Waals surface area contributed by atoms with Gasteiger partial charge in [0.15, 0.2) is 0 Å². The Labute approximate surface area is 225 Å². The van der Waals surface area contributed by atoms with Crippen LogP contribution in [-0.2, 0) is 32.3 Å². The highest BCUT2D eigenvalue weighted by atomic mass is 19.1. The Hall–Kier alpha value is -4.03. The van der Waals surface area contributed by atoms with Crippen LogP contribution in [0.15, 0.2) is 54.6 Å². The van der Waals surface area contributed by atoms with Crippen LogP contribution in [0, 0.1) is 5.82 Å². The number of halogens is 1. The van der Waals surface area contributed by atoms with Crippen molar-refractivity contribution >= 4 is 23.8 Å². The van der Waals surface area contributed by atoms with Crippen LogP contribution in [0.3, 0.4) is 0 Å². The lowest BCUT2D eigenvalue weighted by molar-refractivity contribution is -0.188. The summed E-state index contributed by atoms with van der Waals surface area (Å²) >= 11 is 0. The SMILES string of the molecule is CN1CC(=O)N2[C@@H](CCC(=O)O)C(=O)N(CCOCc3cccc(F)c3)C[C@@H]2N1C(=O)NCc1ccccc1. The lowest BCUT2D eigenvalue weighted by Gasteiger charge is -2.54. The number of carbonyl (C=O) groups is 4. The van der Waals surface area contributed by atoms with E-state index in [9.17, 15) is 28.7 Å². The first kappa shape index (κ1) is 28.0. The Morgan fingerprint density at radius 3 is 2.56 bits per heavy atom. The van der Waals surface area contributed by atoms with E-state index in [4.69, 9.17) is 4.74 Å². The number of nitrogens with one attached hydrogen (secondary N) is 1. The molecule has 2 heterocycles. The number of likely N-dealkylation sites (N-methyl/N-ethyl adjacent to an activating group) is 1. The predicted octanol–water partition coefficient (Wildman–Crippen LogP) is 1.64. The number of piperazine rings is 1. The fourth-order valence-electron chi connectivity index (χ4n) is 4.89. The van der Waals surface area contributed by atoms with Crippen molar-refractivity contribution in [3.8, 4) is 0 Å². The maximum absolute atomic E-state index is 13.4. The normalized spacial score (nSPS) is 19.7. The minimum atomic E-state index is -1.09. The second-order valence-electron chi connectivity index (χ2n) is 9.50. The highest BCUT2D eigenvalue weighted by Crippen LogP contribution is 2.28. The van der Waals surface area contributed by atoms with Crippen LogP contribution < -0.4 is 5.32 Å². The van der Waals surface area contributed by atoms with E-state index in [-0.39, 0.29) is 64.0 Å². The lowest BCUT2D eigenvalue weighted by atomic mass is 10.0. The summed E-state index contributed by atoms with van der Waals surface area (Å²) in [5, 5.41) is 15.0. The van der Waals surface area contributed by atoms with Gasteiger partial charge >= 0.3 is 12.0 Å². The average Bonchev–Trinajstić information content (AvgIpc) is 2.90. The number of ether oxygens (including phenoxy) is 1. The van der Waals surface area contributed by atoms with Crippen LogP contribution in [0.25, 0.3) is 0 Å². The molecular weight excluding hydrogens is 509 g/mol. The summed E-state index contributed by atoms with van der Waals surface area (Å²) in [4.78, 5) is 54.0. The molecule has 0 spiro atoms. The molecule has 39 heavy (non-hydrogen) atoms. The first-order valence-electron chi connectivity index (χ1n) is 12.7. The molecule has 0 bridgehead atoms. The van der Waals surface area contributed by atoms with E-state index in [1.807, 2.05) is 30.3 Å². The number of nitrogens with zero attached hydrogens (tertiary/aromatic N) is 4. The first-order valence-corrected chi connectivity index (χ1v) is 12.7. The molecule has 2 aromatic rings. The number of hydrazine groups is 1. The average molecular weight is 542 g/mol. The molecule has 208 valence electrons. The van der Waals surface area contributed by atoms with E-state index in [2.05, 4.69) is 5.32 Å². The zero-order valence-corrected chi connectivity index (χ0v) is 21.7. The van der Waals surface area contributed by atoms with Crippen LogP contribution in [0.1, 0.15) is 24.0 Å². The third-order valence-electron chi connectivity index (χ3n) is 6.73. The van der Waals surface area contributed by atoms with Crippen LogP contribution in [-0.4, -0.2) is 94.2 Å². The number of hydrogen-bond donors (Lipinski definition) is 2. The first-order chi connectivity index (χ1) is 18.7. The van der Waals surface area contributed by atoms with Crippen molar-refractivity contribution in [2.24, 2.45) is 0 Å². The van der Waals surface area contributed by atoms with Gasteiger partial charge in [-0.05, 0) is 29.7 Å². The monoisotopic (exact) mass is 541 g/mol. The van der Waals surface area contributed by atoms with Gasteiger partial charge in [0.1, 0.15) is 18.0 Å². The van der Waals surface area contributed by atoms with E-state index >= 15 is 0 Å². The standard InChI is InChI=1S/C27H32FN5O6/c1-30-17-24(34)32-22(10-11-25(35)36)26(37)31(12-13-39-18-20-8-5-9-21(28)14-20)16-23(32)33(30)27(38)29-15-19-6-3-2-4-7-19/h2-9,14,22-23H,10-13,15-18H2,1H3,(H,29,38)(H,35,36)/t22-,23-/m0/s1. The summed E-state index contributed by atoms with van der Waals surface area (Å²) in [6, 6.07) is 13.9. The number of fused-ring (bicyclic) bond motifs is 1. The minimum Gasteiger partial charge on any atom is -0.481 e. The van der Waals surface area contributed by atoms with Gasteiger partial charge in [0, 0.05) is 26.6 Å². The third-order valence-corrected chi connectivity index (χ3v) is 6.73. The topological polar surface area (TPSA) is 123 Å². The van der Waals surface area contributed by atoms with Gasteiger partial charge in [-0.25, -0.2) is 19.2 Å². The molecule has 2 aromatic carbocycles. The summed E-state index contributed by atoms with van der Waals surface area (Å²) in [5.41, 5.74) is 1.54. The zero-order chi connectivity index (χ0) is 27.9. The van der Waals surface area contributed by atoms with E-state index in [1.54, 1.807) is 19.2 Å². The van der Waals surface area contributed by atoms with E-state index < -0.39 is 30.1 Å². The van der Waals surface area contributed by atoms with Crippen LogP contribution >= 0.6 is 0 Å². The van der Waals surface area contributed by atoms with Crippen molar-refractivity contribution in [1.29, 1.82) is 0 Å². The van der Waals surface area contributed by atoms with Crippen molar-refractivity contribution in [2.75, 3.05) is 33.3 Å². The van der Waals surface area contributed by atoms with Crippen molar-refractivity contribution in [1.82, 2.24) is 25.1 Å². The number of urea groups is 1. The molecule has 11 nitrogen and oxygen atoms in total. The zero-order valence-electron chi connectivity index (χ0n) is 21.7. The molecule has 2 aliphatic heterocycles. The maximum Gasteiger partial charge on any atom is 0.334 e. The van der Waals surface area contributed by atoms with Gasteiger partial charge in [-0.15, -0.1) is 0 Å². The Kier molecular flexibility index (Phi) is 9.10. The van der Waals surface area contributed by atoms with Crippen molar-refractivity contribution < 1.29 is 33.4 Å². The Balaban J connectivity index is 1.49. The Morgan fingerprint density at radius 1 is 1.10 bits per heavy atom. The Morgan fingerprint density at radius 2 is 1.85 bits per heavy atom. The fourth-order valence-corrected chi connectivity index (χ4v) is 4.89. The van der Waals surface area contributed by atoms with Crippen molar-refractivity contribution in [3.63, 3.8) is 0 Å². The van der Waals surface area contributed by atoms with Crippen molar-refractivity contribution in [2.45, 2.75) is 38.2 Å². The molecule has 0 aromatic heterocycles. The molecule has 2 N–H and O–H groups in total. The fraction of sp³-hybridized carbons (Fsp3) is 0.407. The van der Waals surface area contributed by atoms with E-state index in [0.29, 0.717) is 5.56 Å². The number of carboxylic acid groups (broad SMARTS) is 1. The summed E-state index contributed by atoms with van der Waals surface area (Å²) in [7, 11) is 1.62. The van der Waals surface area contributed by atoms with E-state index in [1.165, 1.54) is 32.0 Å². The van der Waals surface area contributed by atoms with Gasteiger partial charge in [-0.1, -0.05) is 42.5 Å². The molecule has 12 heteroatoms. The van der Waals surface area contributed by atoms with Crippen LogP contribution in [0.2, 0.25) is 0 Å². The largest absolute Gasteiger partial charge is 0.481 e. The molecule has 0 radical (unpaired) electrons. The van der Waals surface area contributed by atoms with Crippen LogP contribution in [0.5, 0.6) is 0 Å². The van der Waals surface area contributed by atoms with Gasteiger partial charge in [0.05, 0.1) is 26.3 Å². The number of benzene rings is 2. The summed E-state index contributed by atoms with van der Waals surface area (Å²) < 4.78 is 19.1. The Bertz CT molecular complexity index is 1200. The number of carbonyl (C=O) groups excluding carboxylic acids is 3. The second-order valence-corrected chi connectivity index (χ2v) is 9.50. The van der Waals surface area contributed by atoms with Gasteiger partial charge < -0.3 is 25.0 Å². The third kappa shape index (κ3) is 6.89. The highest BCUT2D eigenvalue weighted by molar-refractivity contribution is 5.91. The molecular formula is C27H32FN5O6. The molecule has 0 aliphatic carbocycles. The summed E-state index contributed by atoms with van der Waals surface area (Å²) in [6.07, 6.45) is -1.22. The van der Waals surface area contributed by atoms with Gasteiger partial charge in [0.2, 0.25) is 11.8 Å². The number of amides is 4. The van der Waals surface area contributed by atoms with Gasteiger partial charge in [-0.3, -0.25) is 14.4 Å². The number of hydrogen-bond acceptors (Lipinski definition) is 6. The molecule has 4 rings (SSSR count). The van der Waals surface area contributed by atoms with Gasteiger partial charge in [-0.2, -0.15) is 0 Å². The summed E-state index contributed by atoms with van der Waals surface area (Å²) in [6.45, 7) is 0.587. The molecule has 2 fully saturated rings.